The summed E-state index contributed by atoms with van der Waals surface area (Å²) < 4.78 is 0. The molecule has 0 bridgehead atoms. The monoisotopic (exact) mass is 186 g/mol. The summed E-state index contributed by atoms with van der Waals surface area (Å²) >= 11 is 0. The third-order valence-corrected chi connectivity index (χ3v) is 2.27. The fourth-order valence-corrected chi connectivity index (χ4v) is 1.46. The molecule has 0 amide bonds. The first-order valence-electron chi connectivity index (χ1n) is 4.68. The molecule has 0 atom stereocenters. The van der Waals surface area contributed by atoms with Crippen molar-refractivity contribution >= 4 is 5.69 Å². The number of H-pyrrole nitrogens is 1. The number of aromatic nitrogens is 1. The molecule has 2 heteroatoms. The van der Waals surface area contributed by atoms with Gasteiger partial charge in [-0.05, 0) is 29.8 Å². The van der Waals surface area contributed by atoms with Crippen LogP contribution in [0.3, 0.4) is 0 Å². The Balaban J connectivity index is 2.41. The Hall–Kier alpha value is -1.70. The van der Waals surface area contributed by atoms with Gasteiger partial charge in [-0.2, -0.15) is 0 Å². The van der Waals surface area contributed by atoms with Gasteiger partial charge in [0.15, 0.2) is 0 Å². The first-order chi connectivity index (χ1) is 6.77. The number of nitrogens with zero attached hydrogens (tertiary/aromatic N) is 1. The van der Waals surface area contributed by atoms with Gasteiger partial charge in [-0.1, -0.05) is 12.1 Å². The zero-order chi connectivity index (χ0) is 9.97. The molecule has 0 saturated carbocycles. The van der Waals surface area contributed by atoms with E-state index >= 15 is 0 Å². The van der Waals surface area contributed by atoms with E-state index in [9.17, 15) is 0 Å². The van der Waals surface area contributed by atoms with Crippen LogP contribution in [0.25, 0.3) is 11.3 Å². The van der Waals surface area contributed by atoms with Crippen LogP contribution in [-0.2, 0) is 0 Å². The zero-order valence-electron chi connectivity index (χ0n) is 8.49. The molecule has 2 rings (SSSR count). The minimum atomic E-state index is 1.16. The number of rotatable bonds is 2. The molecule has 1 heterocycles. The van der Waals surface area contributed by atoms with Crippen molar-refractivity contribution in [2.75, 3.05) is 19.0 Å². The molecule has 0 spiro atoms. The average molecular weight is 186 g/mol. The van der Waals surface area contributed by atoms with Gasteiger partial charge in [0.2, 0.25) is 0 Å². The smallest absolute Gasteiger partial charge is 0.0454 e. The average Bonchev–Trinajstić information content (AvgIpc) is 2.71. The third kappa shape index (κ3) is 1.64. The lowest BCUT2D eigenvalue weighted by Crippen LogP contribution is -2.08. The maximum absolute atomic E-state index is 3.20. The van der Waals surface area contributed by atoms with Crippen molar-refractivity contribution in [2.24, 2.45) is 0 Å². The Morgan fingerprint density at radius 2 is 1.93 bits per heavy atom. The maximum atomic E-state index is 3.20. The molecular weight excluding hydrogens is 172 g/mol. The van der Waals surface area contributed by atoms with Gasteiger partial charge in [-0.25, -0.2) is 0 Å². The third-order valence-electron chi connectivity index (χ3n) is 2.27. The summed E-state index contributed by atoms with van der Waals surface area (Å²) in [6.07, 6.45) is 1.94. The molecule has 0 aliphatic heterocycles. The first kappa shape index (κ1) is 8.88. The Morgan fingerprint density at radius 3 is 2.57 bits per heavy atom. The summed E-state index contributed by atoms with van der Waals surface area (Å²) in [4.78, 5) is 5.30. The van der Waals surface area contributed by atoms with E-state index in [0.29, 0.717) is 0 Å². The number of nitrogens with one attached hydrogen (secondary N) is 1. The summed E-state index contributed by atoms with van der Waals surface area (Å²) in [5.74, 6) is 0. The van der Waals surface area contributed by atoms with Crippen molar-refractivity contribution < 1.29 is 0 Å². The molecule has 0 fully saturated rings. The highest BCUT2D eigenvalue weighted by Crippen LogP contribution is 2.21. The van der Waals surface area contributed by atoms with Crippen LogP contribution in [0.15, 0.2) is 42.6 Å². The predicted molar refractivity (Wildman–Crippen MR) is 60.6 cm³/mol. The predicted octanol–water partition coefficient (Wildman–Crippen LogP) is 2.75. The van der Waals surface area contributed by atoms with Crippen molar-refractivity contribution in [3.05, 3.63) is 42.6 Å². The lowest BCUT2D eigenvalue weighted by atomic mass is 10.1. The van der Waals surface area contributed by atoms with Crippen LogP contribution in [0.4, 0.5) is 5.69 Å². The van der Waals surface area contributed by atoms with Crippen LogP contribution in [-0.4, -0.2) is 19.1 Å². The fourth-order valence-electron chi connectivity index (χ4n) is 1.46. The van der Waals surface area contributed by atoms with Gasteiger partial charge in [-0.3, -0.25) is 0 Å². The quantitative estimate of drug-likeness (QED) is 0.764. The number of benzene rings is 1. The lowest BCUT2D eigenvalue weighted by molar-refractivity contribution is 1.13. The molecule has 0 saturated heterocycles. The van der Waals surface area contributed by atoms with Crippen molar-refractivity contribution in [2.45, 2.75) is 0 Å². The maximum Gasteiger partial charge on any atom is 0.0454 e. The molecule has 0 aliphatic carbocycles. The largest absolute Gasteiger partial charge is 0.378 e. The minimum absolute atomic E-state index is 1.16. The Kier molecular flexibility index (Phi) is 2.27. The molecule has 0 aliphatic rings. The zero-order valence-corrected chi connectivity index (χ0v) is 8.49. The highest BCUT2D eigenvalue weighted by atomic mass is 15.1. The van der Waals surface area contributed by atoms with Crippen LogP contribution in [0.2, 0.25) is 0 Å². The molecule has 72 valence electrons. The van der Waals surface area contributed by atoms with Crippen LogP contribution < -0.4 is 4.90 Å². The van der Waals surface area contributed by atoms with Gasteiger partial charge < -0.3 is 9.88 Å². The van der Waals surface area contributed by atoms with E-state index in [0.717, 1.165) is 5.69 Å². The Bertz CT molecular complexity index is 402. The molecule has 0 unspecified atom stereocenters. The van der Waals surface area contributed by atoms with Gasteiger partial charge in [0.1, 0.15) is 0 Å². The molecule has 1 aromatic heterocycles. The van der Waals surface area contributed by atoms with E-state index < -0.39 is 0 Å². The topological polar surface area (TPSA) is 19.0 Å². The van der Waals surface area contributed by atoms with Gasteiger partial charge in [-0.15, -0.1) is 0 Å². The normalized spacial score (nSPS) is 10.1. The second-order valence-electron chi connectivity index (χ2n) is 3.53. The second-order valence-corrected chi connectivity index (χ2v) is 3.53. The molecule has 2 aromatic rings. The minimum Gasteiger partial charge on any atom is -0.378 e. The van der Waals surface area contributed by atoms with E-state index in [1.54, 1.807) is 0 Å². The summed E-state index contributed by atoms with van der Waals surface area (Å²) in [5.41, 5.74) is 3.60. The number of aromatic amines is 1. The van der Waals surface area contributed by atoms with Crippen LogP contribution in [0.1, 0.15) is 0 Å². The van der Waals surface area contributed by atoms with Gasteiger partial charge >= 0.3 is 0 Å². The standard InChI is InChI=1S/C12H14N2/c1-14(2)11-6-3-5-10(9-11)12-7-4-8-13-12/h3-9,13H,1-2H3. The van der Waals surface area contributed by atoms with E-state index in [2.05, 4.69) is 40.2 Å². The summed E-state index contributed by atoms with van der Waals surface area (Å²) in [5, 5.41) is 0. The van der Waals surface area contributed by atoms with Crippen molar-refractivity contribution in [1.29, 1.82) is 0 Å². The van der Waals surface area contributed by atoms with Gasteiger partial charge in [0.25, 0.3) is 0 Å². The van der Waals surface area contributed by atoms with Crippen molar-refractivity contribution in [1.82, 2.24) is 4.98 Å². The number of hydrogen-bond acceptors (Lipinski definition) is 1. The van der Waals surface area contributed by atoms with Crippen molar-refractivity contribution in [3.8, 4) is 11.3 Å². The highest BCUT2D eigenvalue weighted by Gasteiger charge is 1.99. The van der Waals surface area contributed by atoms with Crippen LogP contribution in [0, 0.1) is 0 Å². The molecular formula is C12H14N2. The van der Waals surface area contributed by atoms with Gasteiger partial charge in [0.05, 0.1) is 0 Å². The lowest BCUT2D eigenvalue weighted by Gasteiger charge is -2.13. The van der Waals surface area contributed by atoms with Crippen LogP contribution >= 0.6 is 0 Å². The molecule has 14 heavy (non-hydrogen) atoms. The van der Waals surface area contributed by atoms with E-state index in [1.165, 1.54) is 11.3 Å². The molecule has 0 radical (unpaired) electrons. The molecule has 1 N–H and O–H groups in total. The van der Waals surface area contributed by atoms with Crippen molar-refractivity contribution in [3.63, 3.8) is 0 Å². The SMILES string of the molecule is CN(C)c1cccc(-c2ccc[nH]2)c1. The highest BCUT2D eigenvalue weighted by molar-refractivity contribution is 5.65. The molecule has 1 aromatic carbocycles. The van der Waals surface area contributed by atoms with Gasteiger partial charge in [0, 0.05) is 31.7 Å². The Labute approximate surface area is 84.2 Å². The number of hydrogen-bond donors (Lipinski definition) is 1. The summed E-state index contributed by atoms with van der Waals surface area (Å²) in [7, 11) is 4.10. The second kappa shape index (κ2) is 3.58. The molecule has 2 nitrogen and oxygen atoms in total. The van der Waals surface area contributed by atoms with E-state index in [4.69, 9.17) is 0 Å². The van der Waals surface area contributed by atoms with E-state index in [-0.39, 0.29) is 0 Å². The first-order valence-corrected chi connectivity index (χ1v) is 4.68. The van der Waals surface area contributed by atoms with Crippen LogP contribution in [0.5, 0.6) is 0 Å². The summed E-state index contributed by atoms with van der Waals surface area (Å²) in [6, 6.07) is 12.6. The Morgan fingerprint density at radius 1 is 1.07 bits per heavy atom. The fraction of sp³-hybridized carbons (Fsp3) is 0.167. The number of anilines is 1. The summed E-state index contributed by atoms with van der Waals surface area (Å²) in [6.45, 7) is 0. The van der Waals surface area contributed by atoms with E-state index in [1.807, 2.05) is 26.4 Å².